The molecule has 2 fully saturated rings. The van der Waals surface area contributed by atoms with Crippen molar-refractivity contribution in [2.75, 3.05) is 26.2 Å². The van der Waals surface area contributed by atoms with Crippen molar-refractivity contribution in [1.82, 2.24) is 9.80 Å². The molecular formula is C14H24N2O4. The molecule has 1 unspecified atom stereocenters. The number of nitrogens with zero attached hydrogens (tertiary/aromatic N) is 2. The van der Waals surface area contributed by atoms with E-state index in [-0.39, 0.29) is 11.6 Å². The second kappa shape index (κ2) is 5.24. The second-order valence-electron chi connectivity index (χ2n) is 6.26. The third-order valence-corrected chi connectivity index (χ3v) is 4.40. The predicted octanol–water partition coefficient (Wildman–Crippen LogP) is 1.55. The Bertz CT molecular complexity index is 410. The summed E-state index contributed by atoms with van der Waals surface area (Å²) >= 11 is 0. The number of urea groups is 1. The van der Waals surface area contributed by atoms with Crippen LogP contribution in [0.15, 0.2) is 0 Å². The molecule has 0 aromatic carbocycles. The largest absolute Gasteiger partial charge is 0.479 e. The van der Waals surface area contributed by atoms with Crippen molar-refractivity contribution in [2.45, 2.75) is 51.2 Å². The molecular weight excluding hydrogens is 260 g/mol. The summed E-state index contributed by atoms with van der Waals surface area (Å²) in [5.41, 5.74) is -1.40. The van der Waals surface area contributed by atoms with Crippen molar-refractivity contribution in [2.24, 2.45) is 0 Å². The highest BCUT2D eigenvalue weighted by molar-refractivity contribution is 5.87. The number of ether oxygens (including phenoxy) is 1. The molecule has 0 aromatic heterocycles. The van der Waals surface area contributed by atoms with Gasteiger partial charge in [0.1, 0.15) is 5.54 Å². The van der Waals surface area contributed by atoms with Gasteiger partial charge < -0.3 is 19.6 Å². The first-order valence-corrected chi connectivity index (χ1v) is 7.26. The lowest BCUT2D eigenvalue weighted by Gasteiger charge is -2.42. The molecule has 0 aliphatic carbocycles. The molecule has 0 aromatic rings. The van der Waals surface area contributed by atoms with E-state index in [1.165, 1.54) is 0 Å². The molecule has 6 heteroatoms. The maximum atomic E-state index is 12.7. The minimum atomic E-state index is -1.03. The van der Waals surface area contributed by atoms with E-state index in [4.69, 9.17) is 4.74 Å². The van der Waals surface area contributed by atoms with Gasteiger partial charge in [0.05, 0.1) is 18.8 Å². The summed E-state index contributed by atoms with van der Waals surface area (Å²) in [6.45, 7) is 7.78. The van der Waals surface area contributed by atoms with E-state index >= 15 is 0 Å². The fraction of sp³-hybridized carbons (Fsp3) is 0.857. The van der Waals surface area contributed by atoms with Gasteiger partial charge in [-0.1, -0.05) is 6.92 Å². The summed E-state index contributed by atoms with van der Waals surface area (Å²) in [4.78, 5) is 27.6. The third-order valence-electron chi connectivity index (χ3n) is 4.40. The number of rotatable bonds is 2. The van der Waals surface area contributed by atoms with Gasteiger partial charge in [-0.15, -0.1) is 0 Å². The molecule has 2 rings (SSSR count). The lowest BCUT2D eigenvalue weighted by Crippen LogP contribution is -2.60. The van der Waals surface area contributed by atoms with E-state index < -0.39 is 11.5 Å². The molecule has 6 nitrogen and oxygen atoms in total. The van der Waals surface area contributed by atoms with Crippen LogP contribution in [0.1, 0.15) is 40.0 Å². The summed E-state index contributed by atoms with van der Waals surface area (Å²) in [6, 6.07) is -0.164. The maximum Gasteiger partial charge on any atom is 0.329 e. The van der Waals surface area contributed by atoms with Crippen LogP contribution in [0.3, 0.4) is 0 Å². The minimum absolute atomic E-state index is 0.164. The van der Waals surface area contributed by atoms with Crippen molar-refractivity contribution in [3.05, 3.63) is 0 Å². The van der Waals surface area contributed by atoms with Crippen LogP contribution in [0.25, 0.3) is 0 Å². The molecule has 0 spiro atoms. The Morgan fingerprint density at radius 3 is 2.55 bits per heavy atom. The highest BCUT2D eigenvalue weighted by atomic mass is 16.5. The number of carboxylic acid groups (broad SMARTS) is 1. The number of carbonyl (C=O) groups excluding carboxylic acids is 1. The molecule has 114 valence electrons. The van der Waals surface area contributed by atoms with Gasteiger partial charge in [0.2, 0.25) is 0 Å². The van der Waals surface area contributed by atoms with Crippen LogP contribution in [0.5, 0.6) is 0 Å². The van der Waals surface area contributed by atoms with E-state index in [0.717, 1.165) is 6.42 Å². The molecule has 20 heavy (non-hydrogen) atoms. The normalized spacial score (nSPS) is 29.6. The van der Waals surface area contributed by atoms with Crippen molar-refractivity contribution < 1.29 is 19.4 Å². The first-order valence-electron chi connectivity index (χ1n) is 7.26. The summed E-state index contributed by atoms with van der Waals surface area (Å²) in [5.74, 6) is -0.890. The summed E-state index contributed by atoms with van der Waals surface area (Å²) < 4.78 is 5.61. The Morgan fingerprint density at radius 1 is 1.30 bits per heavy atom. The van der Waals surface area contributed by atoms with Crippen molar-refractivity contribution in [1.29, 1.82) is 0 Å². The molecule has 0 bridgehead atoms. The van der Waals surface area contributed by atoms with E-state index in [1.807, 2.05) is 20.8 Å². The first kappa shape index (κ1) is 15.1. The zero-order valence-electron chi connectivity index (χ0n) is 12.5. The van der Waals surface area contributed by atoms with Gasteiger partial charge in [-0.05, 0) is 33.1 Å². The summed E-state index contributed by atoms with van der Waals surface area (Å²) in [5, 5.41) is 9.55. The van der Waals surface area contributed by atoms with Crippen LogP contribution >= 0.6 is 0 Å². The van der Waals surface area contributed by atoms with Gasteiger partial charge in [0, 0.05) is 13.1 Å². The average Bonchev–Trinajstić information content (AvgIpc) is 2.81. The predicted molar refractivity (Wildman–Crippen MR) is 73.6 cm³/mol. The van der Waals surface area contributed by atoms with Gasteiger partial charge >= 0.3 is 12.0 Å². The quantitative estimate of drug-likeness (QED) is 0.835. The highest BCUT2D eigenvalue weighted by Gasteiger charge is 2.50. The number of likely N-dealkylation sites (tertiary alicyclic amines) is 1. The Morgan fingerprint density at radius 2 is 2.00 bits per heavy atom. The molecule has 2 amide bonds. The lowest BCUT2D eigenvalue weighted by atomic mass is 9.93. The number of amides is 2. The van der Waals surface area contributed by atoms with Crippen LogP contribution < -0.4 is 0 Å². The van der Waals surface area contributed by atoms with Crippen LogP contribution in [-0.4, -0.2) is 64.3 Å². The molecule has 2 aliphatic heterocycles. The van der Waals surface area contributed by atoms with E-state index in [2.05, 4.69) is 0 Å². The van der Waals surface area contributed by atoms with Gasteiger partial charge in [-0.3, -0.25) is 0 Å². The zero-order valence-corrected chi connectivity index (χ0v) is 12.5. The molecule has 0 radical (unpaired) electrons. The number of carboxylic acids is 1. The highest BCUT2D eigenvalue weighted by Crippen LogP contribution is 2.34. The molecule has 1 N–H and O–H groups in total. The summed E-state index contributed by atoms with van der Waals surface area (Å²) in [7, 11) is 0. The standard InChI is InChI=1S/C14H24N2O4/c1-4-14(11(17)18)6-5-7-16(14)12(19)15-8-9-20-13(2,3)10-15/h4-10H2,1-3H3,(H,17,18). The third kappa shape index (κ3) is 2.49. The molecule has 2 aliphatic rings. The molecule has 0 saturated carbocycles. The fourth-order valence-electron chi connectivity index (χ4n) is 3.25. The zero-order chi connectivity index (χ0) is 15.0. The summed E-state index contributed by atoms with van der Waals surface area (Å²) in [6.07, 6.45) is 1.74. The van der Waals surface area contributed by atoms with Crippen LogP contribution in [-0.2, 0) is 9.53 Å². The number of hydrogen-bond acceptors (Lipinski definition) is 3. The van der Waals surface area contributed by atoms with Crippen molar-refractivity contribution >= 4 is 12.0 Å². The number of aliphatic carboxylic acids is 1. The van der Waals surface area contributed by atoms with Crippen LogP contribution in [0.4, 0.5) is 4.79 Å². The Labute approximate surface area is 119 Å². The smallest absolute Gasteiger partial charge is 0.329 e. The number of morpholine rings is 1. The van der Waals surface area contributed by atoms with Gasteiger partial charge in [-0.2, -0.15) is 0 Å². The molecule has 2 saturated heterocycles. The van der Waals surface area contributed by atoms with Crippen molar-refractivity contribution in [3.63, 3.8) is 0 Å². The minimum Gasteiger partial charge on any atom is -0.479 e. The second-order valence-corrected chi connectivity index (χ2v) is 6.26. The maximum absolute atomic E-state index is 12.7. The number of carbonyl (C=O) groups is 2. The van der Waals surface area contributed by atoms with Gasteiger partial charge in [0.25, 0.3) is 0 Å². The fourth-order valence-corrected chi connectivity index (χ4v) is 3.25. The van der Waals surface area contributed by atoms with Crippen LogP contribution in [0.2, 0.25) is 0 Å². The van der Waals surface area contributed by atoms with Crippen molar-refractivity contribution in [3.8, 4) is 0 Å². The number of hydrogen-bond donors (Lipinski definition) is 1. The van der Waals surface area contributed by atoms with E-state index in [9.17, 15) is 14.7 Å². The average molecular weight is 284 g/mol. The Hall–Kier alpha value is -1.30. The Kier molecular flexibility index (Phi) is 3.95. The van der Waals surface area contributed by atoms with E-state index in [0.29, 0.717) is 39.1 Å². The monoisotopic (exact) mass is 284 g/mol. The molecule has 1 atom stereocenters. The SMILES string of the molecule is CCC1(C(=O)O)CCCN1C(=O)N1CCOC(C)(C)C1. The lowest BCUT2D eigenvalue weighted by molar-refractivity contribution is -0.149. The topological polar surface area (TPSA) is 70.1 Å². The first-order chi connectivity index (χ1) is 9.32. The van der Waals surface area contributed by atoms with E-state index in [1.54, 1.807) is 9.80 Å². The van der Waals surface area contributed by atoms with Gasteiger partial charge in [0.15, 0.2) is 0 Å². The molecule has 2 heterocycles. The van der Waals surface area contributed by atoms with Crippen LogP contribution in [0, 0.1) is 0 Å². The Balaban J connectivity index is 2.17. The van der Waals surface area contributed by atoms with Gasteiger partial charge in [-0.25, -0.2) is 9.59 Å².